The highest BCUT2D eigenvalue weighted by atomic mass is 16.5. The lowest BCUT2D eigenvalue weighted by Crippen LogP contribution is -3.15. The third kappa shape index (κ3) is 6.62. The molecule has 1 fully saturated rings. The molecule has 166 valence electrons. The van der Waals surface area contributed by atoms with Gasteiger partial charge in [0.15, 0.2) is 11.5 Å². The molecule has 2 amide bonds. The maximum Gasteiger partial charge on any atom is 0.244 e. The standard InChI is InChI=1S/C23H30N4O4/c1-30-20-9-8-18(16-21(20)31-2)17-23(29)25-24-22(28)10-11-26-12-14-27(15-13-26)19-6-4-3-5-7-19/h3-9,16H,10-15,17H2,1-2H3,(H,24,28)(H,25,29)/p+1. The molecule has 1 aliphatic heterocycles. The number of ether oxygens (including phenoxy) is 2. The fourth-order valence-electron chi connectivity index (χ4n) is 3.68. The van der Waals surface area contributed by atoms with E-state index in [0.29, 0.717) is 17.9 Å². The van der Waals surface area contributed by atoms with E-state index in [1.165, 1.54) is 10.6 Å². The van der Waals surface area contributed by atoms with Crippen LogP contribution in [0.15, 0.2) is 48.5 Å². The van der Waals surface area contributed by atoms with Gasteiger partial charge in [-0.05, 0) is 29.8 Å². The zero-order valence-corrected chi connectivity index (χ0v) is 18.1. The molecule has 31 heavy (non-hydrogen) atoms. The number of quaternary nitrogens is 1. The molecule has 3 rings (SSSR count). The van der Waals surface area contributed by atoms with Crippen molar-refractivity contribution in [2.24, 2.45) is 0 Å². The number of anilines is 1. The average Bonchev–Trinajstić information content (AvgIpc) is 2.82. The van der Waals surface area contributed by atoms with Crippen LogP contribution >= 0.6 is 0 Å². The van der Waals surface area contributed by atoms with Gasteiger partial charge >= 0.3 is 0 Å². The van der Waals surface area contributed by atoms with Crippen LogP contribution in [0.2, 0.25) is 0 Å². The minimum Gasteiger partial charge on any atom is -0.493 e. The van der Waals surface area contributed by atoms with Crippen molar-refractivity contribution in [2.75, 3.05) is 51.8 Å². The van der Waals surface area contributed by atoms with Gasteiger partial charge in [0, 0.05) is 5.69 Å². The molecule has 0 saturated carbocycles. The number of piperazine rings is 1. The highest BCUT2D eigenvalue weighted by Crippen LogP contribution is 2.27. The molecule has 0 unspecified atom stereocenters. The van der Waals surface area contributed by atoms with Gasteiger partial charge in [-0.25, -0.2) is 0 Å². The topological polar surface area (TPSA) is 84.3 Å². The lowest BCUT2D eigenvalue weighted by atomic mass is 10.1. The minimum atomic E-state index is -0.288. The number of methoxy groups -OCH3 is 2. The quantitative estimate of drug-likeness (QED) is 0.524. The van der Waals surface area contributed by atoms with E-state index in [9.17, 15) is 9.59 Å². The van der Waals surface area contributed by atoms with Crippen LogP contribution in [-0.4, -0.2) is 58.8 Å². The van der Waals surface area contributed by atoms with Crippen LogP contribution < -0.4 is 30.1 Å². The van der Waals surface area contributed by atoms with E-state index < -0.39 is 0 Å². The van der Waals surface area contributed by atoms with E-state index in [4.69, 9.17) is 9.47 Å². The van der Waals surface area contributed by atoms with Crippen molar-refractivity contribution in [3.8, 4) is 11.5 Å². The van der Waals surface area contributed by atoms with E-state index >= 15 is 0 Å². The number of benzene rings is 2. The van der Waals surface area contributed by atoms with E-state index in [1.807, 2.05) is 6.07 Å². The number of hydrazine groups is 1. The molecular formula is C23H31N4O4+. The van der Waals surface area contributed by atoms with Gasteiger partial charge in [-0.1, -0.05) is 24.3 Å². The van der Waals surface area contributed by atoms with Gasteiger partial charge in [0.05, 0.1) is 59.8 Å². The number of carbonyl (C=O) groups excluding carboxylic acids is 2. The van der Waals surface area contributed by atoms with Crippen molar-refractivity contribution in [3.05, 3.63) is 54.1 Å². The van der Waals surface area contributed by atoms with Crippen LogP contribution in [0.4, 0.5) is 5.69 Å². The minimum absolute atomic E-state index is 0.132. The number of nitrogens with zero attached hydrogens (tertiary/aromatic N) is 1. The van der Waals surface area contributed by atoms with Crippen molar-refractivity contribution in [2.45, 2.75) is 12.8 Å². The van der Waals surface area contributed by atoms with Crippen molar-refractivity contribution < 1.29 is 24.0 Å². The maximum absolute atomic E-state index is 12.1. The molecular weight excluding hydrogens is 396 g/mol. The number of amides is 2. The van der Waals surface area contributed by atoms with E-state index in [2.05, 4.69) is 40.0 Å². The van der Waals surface area contributed by atoms with E-state index in [1.54, 1.807) is 32.4 Å². The Morgan fingerprint density at radius 2 is 1.61 bits per heavy atom. The maximum atomic E-state index is 12.1. The Bertz CT molecular complexity index is 867. The molecule has 3 N–H and O–H groups in total. The second-order valence-electron chi connectivity index (χ2n) is 7.54. The van der Waals surface area contributed by atoms with E-state index in [-0.39, 0.29) is 18.2 Å². The highest BCUT2D eigenvalue weighted by Gasteiger charge is 2.20. The first-order valence-electron chi connectivity index (χ1n) is 10.5. The van der Waals surface area contributed by atoms with Gasteiger partial charge in [-0.3, -0.25) is 20.4 Å². The predicted molar refractivity (Wildman–Crippen MR) is 118 cm³/mol. The molecule has 0 atom stereocenters. The zero-order valence-electron chi connectivity index (χ0n) is 18.1. The lowest BCUT2D eigenvalue weighted by Gasteiger charge is -2.33. The van der Waals surface area contributed by atoms with Crippen molar-refractivity contribution in [3.63, 3.8) is 0 Å². The summed E-state index contributed by atoms with van der Waals surface area (Å²) in [5.41, 5.74) is 7.01. The summed E-state index contributed by atoms with van der Waals surface area (Å²) >= 11 is 0. The van der Waals surface area contributed by atoms with Gasteiger partial charge in [-0.15, -0.1) is 0 Å². The fraction of sp³-hybridized carbons (Fsp3) is 0.391. The number of para-hydroxylation sites is 1. The van der Waals surface area contributed by atoms with Gasteiger partial charge in [0.1, 0.15) is 0 Å². The van der Waals surface area contributed by atoms with Crippen molar-refractivity contribution in [1.82, 2.24) is 10.9 Å². The zero-order chi connectivity index (χ0) is 22.1. The van der Waals surface area contributed by atoms with Crippen LogP contribution in [-0.2, 0) is 16.0 Å². The van der Waals surface area contributed by atoms with Crippen LogP contribution in [0.25, 0.3) is 0 Å². The number of carbonyl (C=O) groups is 2. The fourth-order valence-corrected chi connectivity index (χ4v) is 3.68. The van der Waals surface area contributed by atoms with Crippen LogP contribution in [0, 0.1) is 0 Å². The third-order valence-electron chi connectivity index (χ3n) is 5.45. The first-order valence-corrected chi connectivity index (χ1v) is 10.5. The molecule has 2 aromatic carbocycles. The molecule has 8 nitrogen and oxygen atoms in total. The summed E-state index contributed by atoms with van der Waals surface area (Å²) in [7, 11) is 3.11. The SMILES string of the molecule is COc1ccc(CC(=O)NNC(=O)CC[NH+]2CCN(c3ccccc3)CC2)cc1OC. The number of nitrogens with one attached hydrogen (secondary N) is 3. The Labute approximate surface area is 183 Å². The van der Waals surface area contributed by atoms with Crippen LogP contribution in [0.3, 0.4) is 0 Å². The van der Waals surface area contributed by atoms with E-state index in [0.717, 1.165) is 38.3 Å². The molecule has 0 spiro atoms. The molecule has 1 heterocycles. The molecule has 1 saturated heterocycles. The highest BCUT2D eigenvalue weighted by molar-refractivity contribution is 5.83. The average molecular weight is 428 g/mol. The van der Waals surface area contributed by atoms with Crippen LogP contribution in [0.5, 0.6) is 11.5 Å². The monoisotopic (exact) mass is 427 g/mol. The lowest BCUT2D eigenvalue weighted by molar-refractivity contribution is -0.900. The van der Waals surface area contributed by atoms with Crippen molar-refractivity contribution in [1.29, 1.82) is 0 Å². The summed E-state index contributed by atoms with van der Waals surface area (Å²) in [5.74, 6) is 0.697. The van der Waals surface area contributed by atoms with Gasteiger partial charge < -0.3 is 19.3 Å². The molecule has 0 aliphatic carbocycles. The summed E-state index contributed by atoms with van der Waals surface area (Å²) in [5, 5.41) is 0. The summed E-state index contributed by atoms with van der Waals surface area (Å²) in [6, 6.07) is 15.7. The second-order valence-corrected chi connectivity index (χ2v) is 7.54. The third-order valence-corrected chi connectivity index (χ3v) is 5.45. The molecule has 0 radical (unpaired) electrons. The first-order chi connectivity index (χ1) is 15.1. The normalized spacial score (nSPS) is 14.1. The van der Waals surface area contributed by atoms with Gasteiger partial charge in [-0.2, -0.15) is 0 Å². The summed E-state index contributed by atoms with van der Waals surface area (Å²) in [6.07, 6.45) is 0.505. The first kappa shape index (κ1) is 22.4. The molecule has 8 heteroatoms. The van der Waals surface area contributed by atoms with Gasteiger partial charge in [0.25, 0.3) is 0 Å². The number of hydrogen-bond donors (Lipinski definition) is 3. The molecule has 0 bridgehead atoms. The smallest absolute Gasteiger partial charge is 0.244 e. The van der Waals surface area contributed by atoms with Crippen LogP contribution in [0.1, 0.15) is 12.0 Å². The van der Waals surface area contributed by atoms with Gasteiger partial charge in [0.2, 0.25) is 11.8 Å². The Morgan fingerprint density at radius 1 is 0.935 bits per heavy atom. The Balaban J connectivity index is 1.34. The number of rotatable bonds is 8. The predicted octanol–water partition coefficient (Wildman–Crippen LogP) is 0.189. The molecule has 1 aliphatic rings. The summed E-state index contributed by atoms with van der Waals surface area (Å²) < 4.78 is 10.4. The largest absolute Gasteiger partial charge is 0.493 e. The Morgan fingerprint density at radius 3 is 2.29 bits per heavy atom. The Hall–Kier alpha value is -3.26. The second kappa shape index (κ2) is 11.2. The summed E-state index contributed by atoms with van der Waals surface area (Å²) in [6.45, 7) is 4.69. The molecule has 0 aromatic heterocycles. The number of hydrogen-bond acceptors (Lipinski definition) is 5. The summed E-state index contributed by atoms with van der Waals surface area (Å²) in [4.78, 5) is 28.0. The van der Waals surface area contributed by atoms with Crippen molar-refractivity contribution >= 4 is 17.5 Å². The Kier molecular flexibility index (Phi) is 8.12. The molecule has 2 aromatic rings.